The molecule has 0 saturated carbocycles. The standard InChI is InChI=1S/C18H28FN3O2.ClH/c1-20-9-6-15-7-11-22(12-8-15)14-18(23)21-10-13-24-17-4-2-16(19)3-5-17;/h2-5,15,20H,6-14H2,1H3,(H,21,23);1H. The molecule has 0 unspecified atom stereocenters. The van der Waals surface area contributed by atoms with Gasteiger partial charge in [-0.3, -0.25) is 9.69 Å². The van der Waals surface area contributed by atoms with E-state index in [0.717, 1.165) is 25.6 Å². The van der Waals surface area contributed by atoms with Crippen molar-refractivity contribution < 1.29 is 13.9 Å². The number of hydrogen-bond donors (Lipinski definition) is 2. The minimum absolute atomic E-state index is 0. The molecule has 1 aromatic rings. The van der Waals surface area contributed by atoms with Crippen LogP contribution in [0.15, 0.2) is 24.3 Å². The van der Waals surface area contributed by atoms with Crippen LogP contribution >= 0.6 is 12.4 Å². The van der Waals surface area contributed by atoms with Gasteiger partial charge in [-0.2, -0.15) is 0 Å². The lowest BCUT2D eigenvalue weighted by Crippen LogP contribution is -2.42. The molecule has 1 aromatic carbocycles. The number of carbonyl (C=O) groups is 1. The Kier molecular flexibility index (Phi) is 10.5. The quantitative estimate of drug-likeness (QED) is 0.651. The number of halogens is 2. The molecule has 1 aliphatic heterocycles. The fraction of sp³-hybridized carbons (Fsp3) is 0.611. The summed E-state index contributed by atoms with van der Waals surface area (Å²) in [5.41, 5.74) is 0. The van der Waals surface area contributed by atoms with Gasteiger partial charge in [0.1, 0.15) is 18.2 Å². The van der Waals surface area contributed by atoms with Gasteiger partial charge in [0.25, 0.3) is 0 Å². The van der Waals surface area contributed by atoms with E-state index in [-0.39, 0.29) is 24.1 Å². The Morgan fingerprint density at radius 3 is 2.56 bits per heavy atom. The van der Waals surface area contributed by atoms with Gasteiger partial charge in [-0.15, -0.1) is 12.4 Å². The van der Waals surface area contributed by atoms with Crippen LogP contribution in [0.2, 0.25) is 0 Å². The molecule has 0 radical (unpaired) electrons. The van der Waals surface area contributed by atoms with Gasteiger partial charge in [-0.1, -0.05) is 0 Å². The van der Waals surface area contributed by atoms with Gasteiger partial charge >= 0.3 is 0 Å². The Labute approximate surface area is 155 Å². The molecule has 0 aliphatic carbocycles. The lowest BCUT2D eigenvalue weighted by molar-refractivity contribution is -0.122. The third-order valence-electron chi connectivity index (χ3n) is 4.38. The van der Waals surface area contributed by atoms with Gasteiger partial charge in [0.15, 0.2) is 0 Å². The second-order valence-corrected chi connectivity index (χ2v) is 6.26. The van der Waals surface area contributed by atoms with Crippen LogP contribution in [0.25, 0.3) is 0 Å². The Morgan fingerprint density at radius 2 is 1.92 bits per heavy atom. The van der Waals surface area contributed by atoms with E-state index in [0.29, 0.717) is 25.4 Å². The molecule has 142 valence electrons. The predicted molar refractivity (Wildman–Crippen MR) is 99.9 cm³/mol. The predicted octanol–water partition coefficient (Wildman–Crippen LogP) is 2.06. The second-order valence-electron chi connectivity index (χ2n) is 6.26. The van der Waals surface area contributed by atoms with Crippen molar-refractivity contribution in [1.29, 1.82) is 0 Å². The summed E-state index contributed by atoms with van der Waals surface area (Å²) in [6.07, 6.45) is 3.56. The van der Waals surface area contributed by atoms with Crippen LogP contribution in [0.3, 0.4) is 0 Å². The van der Waals surface area contributed by atoms with Crippen LogP contribution in [0.5, 0.6) is 5.75 Å². The number of likely N-dealkylation sites (tertiary alicyclic amines) is 1. The highest BCUT2D eigenvalue weighted by atomic mass is 35.5. The summed E-state index contributed by atoms with van der Waals surface area (Å²) in [5, 5.41) is 6.06. The highest BCUT2D eigenvalue weighted by Gasteiger charge is 2.20. The zero-order valence-corrected chi connectivity index (χ0v) is 15.6. The fourth-order valence-electron chi connectivity index (χ4n) is 2.93. The number of benzene rings is 1. The maximum absolute atomic E-state index is 12.8. The SMILES string of the molecule is CNCCC1CCN(CC(=O)NCCOc2ccc(F)cc2)CC1.Cl. The number of nitrogens with zero attached hydrogens (tertiary/aromatic N) is 1. The van der Waals surface area contributed by atoms with E-state index < -0.39 is 0 Å². The molecule has 1 aliphatic rings. The van der Waals surface area contributed by atoms with Crippen molar-refractivity contribution >= 4 is 18.3 Å². The number of rotatable bonds is 9. The highest BCUT2D eigenvalue weighted by Crippen LogP contribution is 2.19. The van der Waals surface area contributed by atoms with E-state index in [1.165, 1.54) is 31.4 Å². The van der Waals surface area contributed by atoms with Crippen molar-refractivity contribution in [2.24, 2.45) is 5.92 Å². The van der Waals surface area contributed by atoms with E-state index in [4.69, 9.17) is 4.74 Å². The molecule has 25 heavy (non-hydrogen) atoms. The molecule has 0 atom stereocenters. The molecule has 5 nitrogen and oxygen atoms in total. The van der Waals surface area contributed by atoms with Crippen LogP contribution in [0.1, 0.15) is 19.3 Å². The largest absolute Gasteiger partial charge is 0.492 e. The van der Waals surface area contributed by atoms with E-state index >= 15 is 0 Å². The Bertz CT molecular complexity index is 494. The lowest BCUT2D eigenvalue weighted by atomic mass is 9.93. The van der Waals surface area contributed by atoms with Crippen LogP contribution in [-0.2, 0) is 4.79 Å². The van der Waals surface area contributed by atoms with Crippen LogP contribution < -0.4 is 15.4 Å². The summed E-state index contributed by atoms with van der Waals surface area (Å²) in [6.45, 7) is 4.34. The Morgan fingerprint density at radius 1 is 1.24 bits per heavy atom. The van der Waals surface area contributed by atoms with Gasteiger partial charge in [0.2, 0.25) is 5.91 Å². The zero-order valence-electron chi connectivity index (χ0n) is 14.8. The molecule has 0 aromatic heterocycles. The third-order valence-corrected chi connectivity index (χ3v) is 4.38. The fourth-order valence-corrected chi connectivity index (χ4v) is 2.93. The molecule has 2 N–H and O–H groups in total. The summed E-state index contributed by atoms with van der Waals surface area (Å²) in [4.78, 5) is 14.2. The minimum Gasteiger partial charge on any atom is -0.492 e. The summed E-state index contributed by atoms with van der Waals surface area (Å²) in [6, 6.07) is 5.87. The number of amides is 1. The topological polar surface area (TPSA) is 53.6 Å². The van der Waals surface area contributed by atoms with Crippen molar-refractivity contribution in [3.63, 3.8) is 0 Å². The summed E-state index contributed by atoms with van der Waals surface area (Å²) in [7, 11) is 1.99. The number of carbonyl (C=O) groups excluding carboxylic acids is 1. The second kappa shape index (κ2) is 12.1. The first-order valence-electron chi connectivity index (χ1n) is 8.69. The van der Waals surface area contributed by atoms with Crippen molar-refractivity contribution in [3.05, 3.63) is 30.1 Å². The number of hydrogen-bond acceptors (Lipinski definition) is 4. The first-order chi connectivity index (χ1) is 11.7. The van der Waals surface area contributed by atoms with Crippen molar-refractivity contribution in [3.8, 4) is 5.75 Å². The average molecular weight is 374 g/mol. The molecule has 1 fully saturated rings. The van der Waals surface area contributed by atoms with Gasteiger partial charge in [-0.05, 0) is 76.1 Å². The van der Waals surface area contributed by atoms with Crippen LogP contribution in [0.4, 0.5) is 4.39 Å². The number of nitrogens with one attached hydrogen (secondary N) is 2. The van der Waals surface area contributed by atoms with E-state index in [2.05, 4.69) is 15.5 Å². The van der Waals surface area contributed by atoms with E-state index in [1.807, 2.05) is 7.05 Å². The maximum atomic E-state index is 12.8. The molecule has 2 rings (SSSR count). The third kappa shape index (κ3) is 8.52. The number of piperidine rings is 1. The summed E-state index contributed by atoms with van der Waals surface area (Å²) < 4.78 is 18.2. The van der Waals surface area contributed by atoms with Crippen LogP contribution in [-0.4, -0.2) is 57.2 Å². The molecular formula is C18H29ClFN3O2. The van der Waals surface area contributed by atoms with E-state index in [1.54, 1.807) is 12.1 Å². The highest BCUT2D eigenvalue weighted by molar-refractivity contribution is 5.85. The summed E-state index contributed by atoms with van der Waals surface area (Å²) in [5.74, 6) is 1.13. The first-order valence-corrected chi connectivity index (χ1v) is 8.69. The summed E-state index contributed by atoms with van der Waals surface area (Å²) >= 11 is 0. The average Bonchev–Trinajstić information content (AvgIpc) is 2.60. The van der Waals surface area contributed by atoms with Gasteiger partial charge in [-0.25, -0.2) is 4.39 Å². The minimum atomic E-state index is -0.287. The molecule has 1 amide bonds. The normalized spacial score (nSPS) is 15.4. The Hall–Kier alpha value is -1.37. The molecular weight excluding hydrogens is 345 g/mol. The maximum Gasteiger partial charge on any atom is 0.234 e. The lowest BCUT2D eigenvalue weighted by Gasteiger charge is -2.31. The van der Waals surface area contributed by atoms with Crippen molar-refractivity contribution in [2.75, 3.05) is 46.4 Å². The molecule has 1 heterocycles. The Balaban J connectivity index is 0.00000312. The van der Waals surface area contributed by atoms with Gasteiger partial charge in [0.05, 0.1) is 13.1 Å². The molecule has 0 spiro atoms. The van der Waals surface area contributed by atoms with Crippen molar-refractivity contribution in [1.82, 2.24) is 15.5 Å². The van der Waals surface area contributed by atoms with Gasteiger partial charge in [0, 0.05) is 0 Å². The smallest absolute Gasteiger partial charge is 0.234 e. The molecule has 7 heteroatoms. The first kappa shape index (κ1) is 21.7. The van der Waals surface area contributed by atoms with Gasteiger partial charge < -0.3 is 15.4 Å². The molecule has 0 bridgehead atoms. The zero-order chi connectivity index (χ0) is 17.2. The van der Waals surface area contributed by atoms with Crippen LogP contribution in [0, 0.1) is 11.7 Å². The number of ether oxygens (including phenoxy) is 1. The van der Waals surface area contributed by atoms with E-state index in [9.17, 15) is 9.18 Å². The van der Waals surface area contributed by atoms with Crippen molar-refractivity contribution in [2.45, 2.75) is 19.3 Å². The monoisotopic (exact) mass is 373 g/mol. The molecule has 1 saturated heterocycles.